The number of hydrogen-bond donors (Lipinski definition) is 1. The molecule has 0 radical (unpaired) electrons. The third-order valence-electron chi connectivity index (χ3n) is 4.06. The van der Waals surface area contributed by atoms with Gasteiger partial charge in [0.1, 0.15) is 5.60 Å². The minimum Gasteiger partial charge on any atom is -0.369 e. The van der Waals surface area contributed by atoms with E-state index in [0.717, 1.165) is 0 Å². The molecule has 1 aliphatic carbocycles. The predicted octanol–water partition coefficient (Wildman–Crippen LogP) is 3.52. The summed E-state index contributed by atoms with van der Waals surface area (Å²) in [5.41, 5.74) is -0.770. The van der Waals surface area contributed by atoms with Gasteiger partial charge in [0.2, 0.25) is 0 Å². The first-order valence-corrected chi connectivity index (χ1v) is 7.82. The van der Waals surface area contributed by atoms with Crippen LogP contribution < -0.4 is 5.32 Å². The summed E-state index contributed by atoms with van der Waals surface area (Å²) in [6.07, 6.45) is 4.96. The fourth-order valence-corrected chi connectivity index (χ4v) is 3.46. The number of thiophene rings is 1. The molecule has 1 aromatic rings. The zero-order chi connectivity index (χ0) is 13.9. The number of hydrogen-bond acceptors (Lipinski definition) is 3. The molecule has 2 rings (SSSR count). The van der Waals surface area contributed by atoms with E-state index in [1.807, 2.05) is 13.8 Å². The maximum absolute atomic E-state index is 12.3. The van der Waals surface area contributed by atoms with Gasteiger partial charge in [0.05, 0.1) is 6.04 Å². The fraction of sp³-hybridized carbons (Fsp3) is 0.667. The van der Waals surface area contributed by atoms with Gasteiger partial charge < -0.3 is 10.1 Å². The van der Waals surface area contributed by atoms with Crippen molar-refractivity contribution in [1.82, 2.24) is 5.32 Å². The van der Waals surface area contributed by atoms with Crippen molar-refractivity contribution in [1.29, 1.82) is 0 Å². The molecule has 1 N–H and O–H groups in total. The third-order valence-corrected chi connectivity index (χ3v) is 5.02. The van der Waals surface area contributed by atoms with Crippen molar-refractivity contribution < 1.29 is 9.53 Å². The van der Waals surface area contributed by atoms with E-state index >= 15 is 0 Å². The van der Waals surface area contributed by atoms with E-state index in [9.17, 15) is 4.79 Å². The van der Waals surface area contributed by atoms with Crippen molar-refractivity contribution in [2.24, 2.45) is 5.92 Å². The largest absolute Gasteiger partial charge is 0.369 e. The van der Waals surface area contributed by atoms with E-state index in [1.54, 1.807) is 18.4 Å². The quantitative estimate of drug-likeness (QED) is 0.896. The molecule has 1 aromatic heterocycles. The molecule has 3 nitrogen and oxygen atoms in total. The molecule has 1 unspecified atom stereocenters. The maximum atomic E-state index is 12.3. The SMILES string of the molecule is COC(C)(C)C(=O)NC(c1cccs1)C1CCCC1. The molecule has 0 saturated heterocycles. The van der Waals surface area contributed by atoms with Crippen molar-refractivity contribution in [3.8, 4) is 0 Å². The van der Waals surface area contributed by atoms with Gasteiger partial charge in [-0.1, -0.05) is 18.9 Å². The highest BCUT2D eigenvalue weighted by molar-refractivity contribution is 7.10. The molecule has 4 heteroatoms. The first-order valence-electron chi connectivity index (χ1n) is 6.94. The van der Waals surface area contributed by atoms with Crippen molar-refractivity contribution >= 4 is 17.2 Å². The number of methoxy groups -OCH3 is 1. The molecular weight excluding hydrogens is 258 g/mol. The summed E-state index contributed by atoms with van der Waals surface area (Å²) in [5.74, 6) is 0.538. The molecule has 1 atom stereocenters. The monoisotopic (exact) mass is 281 g/mol. The van der Waals surface area contributed by atoms with E-state index in [-0.39, 0.29) is 11.9 Å². The van der Waals surface area contributed by atoms with Crippen molar-refractivity contribution in [3.05, 3.63) is 22.4 Å². The van der Waals surface area contributed by atoms with Crippen LogP contribution in [-0.4, -0.2) is 18.6 Å². The lowest BCUT2D eigenvalue weighted by molar-refractivity contribution is -0.140. The Kier molecular flexibility index (Phi) is 4.63. The molecule has 106 valence electrons. The molecule has 1 aliphatic rings. The Morgan fingerprint density at radius 2 is 2.16 bits per heavy atom. The van der Waals surface area contributed by atoms with Gasteiger partial charge in [0, 0.05) is 12.0 Å². The van der Waals surface area contributed by atoms with E-state index in [4.69, 9.17) is 4.74 Å². The first kappa shape index (κ1) is 14.5. The van der Waals surface area contributed by atoms with Gasteiger partial charge in [0.15, 0.2) is 0 Å². The number of ether oxygens (including phenoxy) is 1. The van der Waals surface area contributed by atoms with Crippen molar-refractivity contribution in [2.45, 2.75) is 51.2 Å². The highest BCUT2D eigenvalue weighted by Gasteiger charge is 2.33. The van der Waals surface area contributed by atoms with Crippen LogP contribution >= 0.6 is 11.3 Å². The van der Waals surface area contributed by atoms with Gasteiger partial charge in [-0.15, -0.1) is 11.3 Å². The second kappa shape index (κ2) is 6.06. The van der Waals surface area contributed by atoms with Gasteiger partial charge >= 0.3 is 0 Å². The number of carbonyl (C=O) groups is 1. The predicted molar refractivity (Wildman–Crippen MR) is 78.2 cm³/mol. The van der Waals surface area contributed by atoms with Crippen LogP contribution in [0.2, 0.25) is 0 Å². The first-order chi connectivity index (χ1) is 9.04. The zero-order valence-corrected chi connectivity index (χ0v) is 12.8. The Morgan fingerprint density at radius 1 is 1.47 bits per heavy atom. The Balaban J connectivity index is 2.12. The molecule has 1 fully saturated rings. The minimum atomic E-state index is -0.770. The van der Waals surface area contributed by atoms with E-state index in [0.29, 0.717) is 5.92 Å². The van der Waals surface area contributed by atoms with Gasteiger partial charge in [-0.2, -0.15) is 0 Å². The van der Waals surface area contributed by atoms with Crippen LogP contribution in [0.5, 0.6) is 0 Å². The molecule has 1 amide bonds. The standard InChI is InChI=1S/C15H23NO2S/c1-15(2,18-3)14(17)16-13(11-7-4-5-8-11)12-9-6-10-19-12/h6,9-11,13H,4-5,7-8H2,1-3H3,(H,16,17). The summed E-state index contributed by atoms with van der Waals surface area (Å²) in [6, 6.07) is 4.31. The lowest BCUT2D eigenvalue weighted by Crippen LogP contribution is -2.46. The molecule has 0 spiro atoms. The summed E-state index contributed by atoms with van der Waals surface area (Å²) < 4.78 is 5.27. The number of rotatable bonds is 5. The second-order valence-electron chi connectivity index (χ2n) is 5.73. The summed E-state index contributed by atoms with van der Waals surface area (Å²) in [4.78, 5) is 13.6. The van der Waals surface area contributed by atoms with Crippen LogP contribution in [0.1, 0.15) is 50.4 Å². The van der Waals surface area contributed by atoms with E-state index < -0.39 is 5.60 Å². The summed E-state index contributed by atoms with van der Waals surface area (Å²) in [5, 5.41) is 5.27. The van der Waals surface area contributed by atoms with Crippen LogP contribution in [-0.2, 0) is 9.53 Å². The fourth-order valence-electron chi connectivity index (χ4n) is 2.59. The van der Waals surface area contributed by atoms with Crippen molar-refractivity contribution in [2.75, 3.05) is 7.11 Å². The molecular formula is C15H23NO2S. The normalized spacial score (nSPS) is 18.5. The number of nitrogens with one attached hydrogen (secondary N) is 1. The van der Waals surface area contributed by atoms with Gasteiger partial charge in [-0.25, -0.2) is 0 Å². The van der Waals surface area contributed by atoms with Crippen LogP contribution in [0.3, 0.4) is 0 Å². The van der Waals surface area contributed by atoms with Gasteiger partial charge in [0.25, 0.3) is 5.91 Å². The number of amides is 1. The average molecular weight is 281 g/mol. The third kappa shape index (κ3) is 3.37. The molecule has 0 aromatic carbocycles. The Morgan fingerprint density at radius 3 is 2.68 bits per heavy atom. The van der Waals surface area contributed by atoms with Gasteiger partial charge in [-0.3, -0.25) is 4.79 Å². The topological polar surface area (TPSA) is 38.3 Å². The maximum Gasteiger partial charge on any atom is 0.252 e. The smallest absolute Gasteiger partial charge is 0.252 e. The van der Waals surface area contributed by atoms with E-state index in [2.05, 4.69) is 22.8 Å². The van der Waals surface area contributed by atoms with Gasteiger partial charge in [-0.05, 0) is 44.1 Å². The highest BCUT2D eigenvalue weighted by atomic mass is 32.1. The summed E-state index contributed by atoms with van der Waals surface area (Å²) >= 11 is 1.72. The van der Waals surface area contributed by atoms with Crippen molar-refractivity contribution in [3.63, 3.8) is 0 Å². The van der Waals surface area contributed by atoms with Crippen LogP contribution in [0.25, 0.3) is 0 Å². The highest BCUT2D eigenvalue weighted by Crippen LogP contribution is 2.37. The van der Waals surface area contributed by atoms with Crippen LogP contribution in [0.15, 0.2) is 17.5 Å². The average Bonchev–Trinajstić information content (AvgIpc) is 3.08. The van der Waals surface area contributed by atoms with Crippen LogP contribution in [0, 0.1) is 5.92 Å². The summed E-state index contributed by atoms with van der Waals surface area (Å²) in [6.45, 7) is 3.62. The van der Waals surface area contributed by atoms with E-state index in [1.165, 1.54) is 30.6 Å². The molecule has 1 heterocycles. The van der Waals surface area contributed by atoms with Crippen LogP contribution in [0.4, 0.5) is 0 Å². The Bertz CT molecular complexity index is 408. The number of carbonyl (C=O) groups excluding carboxylic acids is 1. The summed E-state index contributed by atoms with van der Waals surface area (Å²) in [7, 11) is 1.58. The molecule has 0 bridgehead atoms. The zero-order valence-electron chi connectivity index (χ0n) is 11.9. The second-order valence-corrected chi connectivity index (χ2v) is 6.70. The lowest BCUT2D eigenvalue weighted by Gasteiger charge is -2.29. The Labute approximate surface area is 119 Å². The minimum absolute atomic E-state index is 0.0275. The lowest BCUT2D eigenvalue weighted by atomic mass is 9.95. The Hall–Kier alpha value is -0.870. The molecule has 19 heavy (non-hydrogen) atoms. The molecule has 0 aliphatic heterocycles. The molecule has 1 saturated carbocycles.